The Balaban J connectivity index is 2.44. The molecule has 0 heterocycles. The molecular weight excluding hydrogens is 349 g/mol. The zero-order chi connectivity index (χ0) is 19.3. The molecule has 2 rings (SSSR count). The number of carbonyl (C=O) groups excluding carboxylic acids is 1. The molecule has 4 nitrogen and oxygen atoms in total. The number of ketones is 1. The Morgan fingerprint density at radius 1 is 0.962 bits per heavy atom. The molecule has 0 unspecified atom stereocenters. The molecule has 0 atom stereocenters. The molecule has 0 spiro atoms. The SMILES string of the molecule is COc1cc(OC)c(C(=O)C=Cc2ccccc2C(F)(F)F)c(OC)c1. The zero-order valence-electron chi connectivity index (χ0n) is 14.4. The van der Waals surface area contributed by atoms with Gasteiger partial charge in [0, 0.05) is 12.1 Å². The molecule has 7 heteroatoms. The summed E-state index contributed by atoms with van der Waals surface area (Å²) in [6.45, 7) is 0. The smallest absolute Gasteiger partial charge is 0.416 e. The highest BCUT2D eigenvalue weighted by atomic mass is 19.4. The molecule has 0 aromatic heterocycles. The van der Waals surface area contributed by atoms with Crippen molar-refractivity contribution in [2.45, 2.75) is 6.18 Å². The first-order chi connectivity index (χ1) is 12.3. The molecule has 26 heavy (non-hydrogen) atoms. The number of methoxy groups -OCH3 is 3. The molecule has 2 aromatic carbocycles. The van der Waals surface area contributed by atoms with E-state index in [-0.39, 0.29) is 22.6 Å². The van der Waals surface area contributed by atoms with E-state index in [4.69, 9.17) is 14.2 Å². The fourth-order valence-corrected chi connectivity index (χ4v) is 2.40. The number of rotatable bonds is 6. The van der Waals surface area contributed by atoms with Gasteiger partial charge in [0.2, 0.25) is 0 Å². The lowest BCUT2D eigenvalue weighted by molar-refractivity contribution is -0.137. The van der Waals surface area contributed by atoms with Crippen LogP contribution in [0.15, 0.2) is 42.5 Å². The fraction of sp³-hybridized carbons (Fsp3) is 0.211. The van der Waals surface area contributed by atoms with Crippen LogP contribution in [0.2, 0.25) is 0 Å². The van der Waals surface area contributed by atoms with Crippen LogP contribution in [0.4, 0.5) is 13.2 Å². The fourth-order valence-electron chi connectivity index (χ4n) is 2.40. The van der Waals surface area contributed by atoms with Crippen molar-refractivity contribution in [1.29, 1.82) is 0 Å². The number of carbonyl (C=O) groups is 1. The highest BCUT2D eigenvalue weighted by molar-refractivity contribution is 6.10. The summed E-state index contributed by atoms with van der Waals surface area (Å²) in [6, 6.07) is 7.99. The molecule has 0 fully saturated rings. The van der Waals surface area contributed by atoms with Gasteiger partial charge in [0.05, 0.1) is 26.9 Å². The Bertz CT molecular complexity index is 801. The summed E-state index contributed by atoms with van der Waals surface area (Å²) >= 11 is 0. The molecule has 0 aliphatic rings. The number of benzene rings is 2. The lowest BCUT2D eigenvalue weighted by atomic mass is 10.0. The monoisotopic (exact) mass is 366 g/mol. The van der Waals surface area contributed by atoms with Crippen LogP contribution in [0.1, 0.15) is 21.5 Å². The maximum atomic E-state index is 13.0. The van der Waals surface area contributed by atoms with Gasteiger partial charge in [-0.3, -0.25) is 4.79 Å². The number of ether oxygens (including phenoxy) is 3. The van der Waals surface area contributed by atoms with Crippen molar-refractivity contribution in [2.24, 2.45) is 0 Å². The van der Waals surface area contributed by atoms with E-state index < -0.39 is 17.5 Å². The summed E-state index contributed by atoms with van der Waals surface area (Å²) in [5, 5.41) is 0. The van der Waals surface area contributed by atoms with Crippen LogP contribution in [-0.4, -0.2) is 27.1 Å². The Kier molecular flexibility index (Phi) is 5.92. The molecular formula is C19H17F3O4. The van der Waals surface area contributed by atoms with E-state index >= 15 is 0 Å². The Morgan fingerprint density at radius 3 is 2.04 bits per heavy atom. The zero-order valence-corrected chi connectivity index (χ0v) is 14.4. The first kappa shape index (κ1) is 19.4. The minimum Gasteiger partial charge on any atom is -0.496 e. The van der Waals surface area contributed by atoms with Crippen molar-refractivity contribution in [2.75, 3.05) is 21.3 Å². The van der Waals surface area contributed by atoms with E-state index in [9.17, 15) is 18.0 Å². The Morgan fingerprint density at radius 2 is 1.54 bits per heavy atom. The number of alkyl halides is 3. The molecule has 0 aliphatic heterocycles. The van der Waals surface area contributed by atoms with E-state index in [0.717, 1.165) is 18.2 Å². The first-order valence-electron chi connectivity index (χ1n) is 7.50. The summed E-state index contributed by atoms with van der Waals surface area (Å²) in [5.74, 6) is 0.250. The summed E-state index contributed by atoms with van der Waals surface area (Å²) in [7, 11) is 4.19. The third-order valence-electron chi connectivity index (χ3n) is 3.64. The minimum atomic E-state index is -4.51. The van der Waals surface area contributed by atoms with Gasteiger partial charge in [-0.1, -0.05) is 24.3 Å². The summed E-state index contributed by atoms with van der Waals surface area (Å²) in [4.78, 5) is 12.6. The molecule has 0 saturated carbocycles. The van der Waals surface area contributed by atoms with E-state index in [0.29, 0.717) is 5.75 Å². The van der Waals surface area contributed by atoms with Crippen LogP contribution < -0.4 is 14.2 Å². The van der Waals surface area contributed by atoms with E-state index in [1.54, 1.807) is 0 Å². The molecule has 0 amide bonds. The third kappa shape index (κ3) is 4.17. The predicted octanol–water partition coefficient (Wildman–Crippen LogP) is 4.63. The average molecular weight is 366 g/mol. The van der Waals surface area contributed by atoms with Gasteiger partial charge in [0.15, 0.2) is 5.78 Å². The van der Waals surface area contributed by atoms with Crippen LogP contribution in [0.3, 0.4) is 0 Å². The van der Waals surface area contributed by atoms with E-state index in [1.807, 2.05) is 0 Å². The van der Waals surface area contributed by atoms with Crippen molar-refractivity contribution in [3.8, 4) is 17.2 Å². The van der Waals surface area contributed by atoms with Crippen molar-refractivity contribution >= 4 is 11.9 Å². The quantitative estimate of drug-likeness (QED) is 0.552. The second-order valence-electron chi connectivity index (χ2n) is 5.19. The number of hydrogen-bond acceptors (Lipinski definition) is 4. The van der Waals surface area contributed by atoms with E-state index in [1.165, 1.54) is 51.7 Å². The average Bonchev–Trinajstić information content (AvgIpc) is 2.64. The highest BCUT2D eigenvalue weighted by Crippen LogP contribution is 2.35. The molecule has 2 aromatic rings. The Hall–Kier alpha value is -2.96. The summed E-state index contributed by atoms with van der Waals surface area (Å²) in [6.07, 6.45) is -2.34. The topological polar surface area (TPSA) is 44.8 Å². The van der Waals surface area contributed by atoms with E-state index in [2.05, 4.69) is 0 Å². The normalized spacial score (nSPS) is 11.5. The molecule has 0 bridgehead atoms. The number of hydrogen-bond donors (Lipinski definition) is 0. The number of halogens is 3. The Labute approximate surface area is 148 Å². The maximum absolute atomic E-state index is 13.0. The van der Waals surface area contributed by atoms with Gasteiger partial charge < -0.3 is 14.2 Å². The van der Waals surface area contributed by atoms with Crippen molar-refractivity contribution in [3.63, 3.8) is 0 Å². The lowest BCUT2D eigenvalue weighted by Gasteiger charge is -2.13. The first-order valence-corrected chi connectivity index (χ1v) is 7.50. The van der Waals surface area contributed by atoms with Crippen LogP contribution >= 0.6 is 0 Å². The second kappa shape index (κ2) is 7.95. The van der Waals surface area contributed by atoms with Gasteiger partial charge in [-0.2, -0.15) is 13.2 Å². The minimum absolute atomic E-state index is 0.0940. The van der Waals surface area contributed by atoms with Gasteiger partial charge in [-0.05, 0) is 17.7 Å². The predicted molar refractivity (Wildman–Crippen MR) is 90.9 cm³/mol. The van der Waals surface area contributed by atoms with Gasteiger partial charge >= 0.3 is 6.18 Å². The second-order valence-corrected chi connectivity index (χ2v) is 5.19. The summed E-state index contributed by atoms with van der Waals surface area (Å²) in [5.41, 5.74) is -0.839. The van der Waals surface area contributed by atoms with Crippen LogP contribution in [0, 0.1) is 0 Å². The standard InChI is InChI=1S/C19H17F3O4/c1-24-13-10-16(25-2)18(17(11-13)26-3)15(23)9-8-12-6-4-5-7-14(12)19(20,21)22/h4-11H,1-3H3. The van der Waals surface area contributed by atoms with Crippen LogP contribution in [-0.2, 0) is 6.18 Å². The van der Waals surface area contributed by atoms with Gasteiger partial charge in [0.1, 0.15) is 22.8 Å². The van der Waals surface area contributed by atoms with Gasteiger partial charge in [0.25, 0.3) is 0 Å². The third-order valence-corrected chi connectivity index (χ3v) is 3.64. The molecule has 138 valence electrons. The molecule has 0 saturated heterocycles. The molecule has 0 N–H and O–H groups in total. The van der Waals surface area contributed by atoms with Crippen LogP contribution in [0.5, 0.6) is 17.2 Å². The van der Waals surface area contributed by atoms with Crippen molar-refractivity contribution in [3.05, 3.63) is 59.2 Å². The van der Waals surface area contributed by atoms with Crippen molar-refractivity contribution < 1.29 is 32.2 Å². The highest BCUT2D eigenvalue weighted by Gasteiger charge is 2.32. The summed E-state index contributed by atoms with van der Waals surface area (Å²) < 4.78 is 54.6. The van der Waals surface area contributed by atoms with Crippen molar-refractivity contribution in [1.82, 2.24) is 0 Å². The largest absolute Gasteiger partial charge is 0.496 e. The number of allylic oxidation sites excluding steroid dienone is 1. The van der Waals surface area contributed by atoms with Gasteiger partial charge in [-0.15, -0.1) is 0 Å². The lowest BCUT2D eigenvalue weighted by Crippen LogP contribution is -2.07. The molecule has 0 radical (unpaired) electrons. The molecule has 0 aliphatic carbocycles. The van der Waals surface area contributed by atoms with Gasteiger partial charge in [-0.25, -0.2) is 0 Å². The van der Waals surface area contributed by atoms with Crippen LogP contribution in [0.25, 0.3) is 6.08 Å². The maximum Gasteiger partial charge on any atom is 0.416 e.